The first-order valence-corrected chi connectivity index (χ1v) is 12.4. The van der Waals surface area contributed by atoms with Crippen molar-refractivity contribution in [2.75, 3.05) is 44.6 Å². The van der Waals surface area contributed by atoms with Gasteiger partial charge < -0.3 is 10.1 Å². The maximum Gasteiger partial charge on any atom is 0.311 e. The highest BCUT2D eigenvalue weighted by molar-refractivity contribution is 7.89. The van der Waals surface area contributed by atoms with Crippen LogP contribution >= 0.6 is 22.9 Å². The summed E-state index contributed by atoms with van der Waals surface area (Å²) < 4.78 is 31.8. The van der Waals surface area contributed by atoms with Crippen LogP contribution < -0.4 is 5.32 Å². The molecule has 0 unspecified atom stereocenters. The number of rotatable bonds is 8. The lowest BCUT2D eigenvalue weighted by molar-refractivity contribution is -0.142. The molecule has 2 heterocycles. The normalized spacial score (nSPS) is 15.5. The van der Waals surface area contributed by atoms with E-state index in [1.54, 1.807) is 24.4 Å². The molecule has 3 rings (SSSR count). The standard InChI is InChI=1S/C19H23ClN4O5S2/c1-2-29-18(26)11-15-13-30-19(21-15)22-17(25)12-23-7-9-24(10-8-23)31(27,28)16-5-3-14(20)4-6-16/h3-6,13H,2,7-12H2,1H3,(H,21,22,25). The van der Waals surface area contributed by atoms with Gasteiger partial charge in [-0.25, -0.2) is 13.4 Å². The highest BCUT2D eigenvalue weighted by Crippen LogP contribution is 2.20. The Kier molecular flexibility index (Phi) is 8.00. The lowest BCUT2D eigenvalue weighted by atomic mass is 10.3. The molecule has 0 atom stereocenters. The van der Waals surface area contributed by atoms with E-state index in [9.17, 15) is 18.0 Å². The van der Waals surface area contributed by atoms with Gasteiger partial charge in [-0.3, -0.25) is 14.5 Å². The van der Waals surface area contributed by atoms with Crippen molar-refractivity contribution in [1.29, 1.82) is 0 Å². The highest BCUT2D eigenvalue weighted by Gasteiger charge is 2.29. The number of aromatic nitrogens is 1. The maximum absolute atomic E-state index is 12.7. The largest absolute Gasteiger partial charge is 0.466 e. The smallest absolute Gasteiger partial charge is 0.311 e. The topological polar surface area (TPSA) is 109 Å². The van der Waals surface area contributed by atoms with Crippen LogP contribution in [0.25, 0.3) is 0 Å². The molecule has 0 spiro atoms. The van der Waals surface area contributed by atoms with Gasteiger partial charge in [0, 0.05) is 36.6 Å². The van der Waals surface area contributed by atoms with Crippen molar-refractivity contribution in [3.05, 3.63) is 40.4 Å². The molecule has 31 heavy (non-hydrogen) atoms. The number of halogens is 1. The third-order valence-corrected chi connectivity index (χ3v) is 7.55. The molecule has 1 N–H and O–H groups in total. The number of benzene rings is 1. The number of nitrogens with zero attached hydrogens (tertiary/aromatic N) is 3. The van der Waals surface area contributed by atoms with Crippen molar-refractivity contribution in [1.82, 2.24) is 14.2 Å². The number of hydrogen-bond donors (Lipinski definition) is 1. The summed E-state index contributed by atoms with van der Waals surface area (Å²) in [5, 5.41) is 5.30. The second-order valence-electron chi connectivity index (χ2n) is 6.81. The number of piperazine rings is 1. The summed E-state index contributed by atoms with van der Waals surface area (Å²) in [5.74, 6) is -0.608. The van der Waals surface area contributed by atoms with E-state index in [-0.39, 0.29) is 29.7 Å². The maximum atomic E-state index is 12.7. The molecular formula is C19H23ClN4O5S2. The zero-order valence-corrected chi connectivity index (χ0v) is 19.3. The third-order valence-electron chi connectivity index (χ3n) is 4.58. The van der Waals surface area contributed by atoms with Crippen LogP contribution in [0.15, 0.2) is 34.5 Å². The Morgan fingerprint density at radius 3 is 2.52 bits per heavy atom. The minimum atomic E-state index is -3.59. The van der Waals surface area contributed by atoms with Gasteiger partial charge in [-0.2, -0.15) is 4.31 Å². The van der Waals surface area contributed by atoms with E-state index in [4.69, 9.17) is 16.3 Å². The van der Waals surface area contributed by atoms with Gasteiger partial charge in [-0.1, -0.05) is 11.6 Å². The van der Waals surface area contributed by atoms with Gasteiger partial charge in [-0.15, -0.1) is 11.3 Å². The zero-order valence-electron chi connectivity index (χ0n) is 16.9. The molecule has 1 saturated heterocycles. The number of nitrogens with one attached hydrogen (secondary N) is 1. The molecule has 1 fully saturated rings. The summed E-state index contributed by atoms with van der Waals surface area (Å²) in [7, 11) is -3.59. The van der Waals surface area contributed by atoms with Crippen LogP contribution in [-0.2, 0) is 30.8 Å². The van der Waals surface area contributed by atoms with Crippen molar-refractivity contribution < 1.29 is 22.7 Å². The molecule has 1 aliphatic heterocycles. The number of carbonyl (C=O) groups excluding carboxylic acids is 2. The average Bonchev–Trinajstić information content (AvgIpc) is 3.15. The minimum absolute atomic E-state index is 0.0598. The Labute approximate surface area is 190 Å². The Morgan fingerprint density at radius 2 is 1.87 bits per heavy atom. The molecule has 1 aliphatic rings. The van der Waals surface area contributed by atoms with E-state index in [0.29, 0.717) is 48.6 Å². The highest BCUT2D eigenvalue weighted by atomic mass is 35.5. The predicted molar refractivity (Wildman–Crippen MR) is 118 cm³/mol. The van der Waals surface area contributed by atoms with Crippen molar-refractivity contribution >= 4 is 50.0 Å². The first-order valence-electron chi connectivity index (χ1n) is 9.66. The second kappa shape index (κ2) is 10.5. The fourth-order valence-corrected chi connectivity index (χ4v) is 5.33. The fraction of sp³-hybridized carbons (Fsp3) is 0.421. The minimum Gasteiger partial charge on any atom is -0.466 e. The molecule has 168 valence electrons. The number of anilines is 1. The number of esters is 1. The summed E-state index contributed by atoms with van der Waals surface area (Å²) in [6, 6.07) is 6.07. The Bertz CT molecular complexity index is 1020. The third kappa shape index (κ3) is 6.47. The van der Waals surface area contributed by atoms with E-state index in [1.165, 1.54) is 27.8 Å². The van der Waals surface area contributed by atoms with Crippen molar-refractivity contribution in [3.63, 3.8) is 0 Å². The molecule has 1 amide bonds. The number of thiazole rings is 1. The van der Waals surface area contributed by atoms with Gasteiger partial charge in [0.1, 0.15) is 0 Å². The number of amides is 1. The van der Waals surface area contributed by atoms with Crippen LogP contribution in [0.3, 0.4) is 0 Å². The Balaban J connectivity index is 1.47. The summed E-state index contributed by atoms with van der Waals surface area (Å²) in [5.41, 5.74) is 0.541. The zero-order chi connectivity index (χ0) is 22.4. The van der Waals surface area contributed by atoms with Crippen LogP contribution in [-0.4, -0.2) is 73.8 Å². The molecule has 0 saturated carbocycles. The van der Waals surface area contributed by atoms with Gasteiger partial charge in [0.15, 0.2) is 5.13 Å². The molecule has 0 aliphatic carbocycles. The van der Waals surface area contributed by atoms with Gasteiger partial charge in [0.25, 0.3) is 0 Å². The molecule has 2 aromatic rings. The molecule has 1 aromatic carbocycles. The van der Waals surface area contributed by atoms with E-state index in [1.807, 2.05) is 4.90 Å². The van der Waals surface area contributed by atoms with Crippen LogP contribution in [0.1, 0.15) is 12.6 Å². The van der Waals surface area contributed by atoms with Gasteiger partial charge in [0.05, 0.1) is 30.2 Å². The number of carbonyl (C=O) groups is 2. The van der Waals surface area contributed by atoms with Crippen molar-refractivity contribution in [2.45, 2.75) is 18.2 Å². The number of hydrogen-bond acceptors (Lipinski definition) is 8. The van der Waals surface area contributed by atoms with Crippen LogP contribution in [0.5, 0.6) is 0 Å². The van der Waals surface area contributed by atoms with Gasteiger partial charge >= 0.3 is 5.97 Å². The van der Waals surface area contributed by atoms with E-state index in [0.717, 1.165) is 0 Å². The lowest BCUT2D eigenvalue weighted by Gasteiger charge is -2.33. The second-order valence-corrected chi connectivity index (χ2v) is 10.0. The van der Waals surface area contributed by atoms with Crippen LogP contribution in [0.2, 0.25) is 5.02 Å². The summed E-state index contributed by atoms with van der Waals surface area (Å²) in [4.78, 5) is 30.1. The molecule has 1 aromatic heterocycles. The molecule has 12 heteroatoms. The van der Waals surface area contributed by atoms with E-state index in [2.05, 4.69) is 10.3 Å². The van der Waals surface area contributed by atoms with Gasteiger partial charge in [0.2, 0.25) is 15.9 Å². The van der Waals surface area contributed by atoms with Crippen LogP contribution in [0.4, 0.5) is 5.13 Å². The Hall–Kier alpha value is -2.05. The fourth-order valence-electron chi connectivity index (χ4n) is 3.05. The number of sulfonamides is 1. The Morgan fingerprint density at radius 1 is 1.19 bits per heavy atom. The summed E-state index contributed by atoms with van der Waals surface area (Å²) in [6.45, 7) is 3.62. The average molecular weight is 487 g/mol. The molecule has 9 nitrogen and oxygen atoms in total. The predicted octanol–water partition coefficient (Wildman–Crippen LogP) is 1.85. The van der Waals surface area contributed by atoms with Crippen molar-refractivity contribution in [3.8, 4) is 0 Å². The summed E-state index contributed by atoms with van der Waals surface area (Å²) in [6.07, 6.45) is 0.0598. The van der Waals surface area contributed by atoms with E-state index >= 15 is 0 Å². The lowest BCUT2D eigenvalue weighted by Crippen LogP contribution is -2.50. The first-order chi connectivity index (χ1) is 14.8. The molecule has 0 bridgehead atoms. The number of ether oxygens (including phenoxy) is 1. The molecular weight excluding hydrogens is 464 g/mol. The van der Waals surface area contributed by atoms with Crippen LogP contribution in [0, 0.1) is 0 Å². The first kappa shape index (κ1) is 23.6. The summed E-state index contributed by atoms with van der Waals surface area (Å²) >= 11 is 7.07. The van der Waals surface area contributed by atoms with Crippen molar-refractivity contribution in [2.24, 2.45) is 0 Å². The SMILES string of the molecule is CCOC(=O)Cc1csc(NC(=O)CN2CCN(S(=O)(=O)c3ccc(Cl)cc3)CC2)n1. The monoisotopic (exact) mass is 486 g/mol. The van der Waals surface area contributed by atoms with E-state index < -0.39 is 10.0 Å². The quantitative estimate of drug-likeness (QED) is 0.567. The van der Waals surface area contributed by atoms with Gasteiger partial charge in [-0.05, 0) is 31.2 Å². The molecule has 0 radical (unpaired) electrons.